The molecule has 0 amide bonds. The standard InChI is InChI=1S/C32H27BO2S/c1-31(2)32(3,4)35-33(34-31)28-16-9-14-22-21(13-8-15-24(22)28)23-12-7-10-20-18-27-25-11-5-6-17-29(25)36-30(27)19-26(20)23/h5-19H,1-4H3. The minimum absolute atomic E-state index is 0.372. The quantitative estimate of drug-likeness (QED) is 0.229. The molecule has 0 N–H and O–H groups in total. The van der Waals surface area contributed by atoms with Crippen LogP contribution < -0.4 is 5.46 Å². The van der Waals surface area contributed by atoms with Crippen molar-refractivity contribution in [1.29, 1.82) is 0 Å². The summed E-state index contributed by atoms with van der Waals surface area (Å²) < 4.78 is 15.5. The van der Waals surface area contributed by atoms with Crippen LogP contribution in [0.4, 0.5) is 0 Å². The van der Waals surface area contributed by atoms with Crippen molar-refractivity contribution >= 4 is 65.6 Å². The van der Waals surface area contributed by atoms with Gasteiger partial charge in [0.25, 0.3) is 0 Å². The molecular weight excluding hydrogens is 459 g/mol. The van der Waals surface area contributed by atoms with Crippen molar-refractivity contribution in [2.75, 3.05) is 0 Å². The van der Waals surface area contributed by atoms with Gasteiger partial charge < -0.3 is 9.31 Å². The van der Waals surface area contributed by atoms with Gasteiger partial charge in [-0.2, -0.15) is 0 Å². The maximum Gasteiger partial charge on any atom is 0.495 e. The molecule has 6 aromatic rings. The summed E-state index contributed by atoms with van der Waals surface area (Å²) in [7, 11) is -0.389. The van der Waals surface area contributed by atoms with Crippen molar-refractivity contribution in [3.05, 3.63) is 91.0 Å². The molecule has 0 unspecified atom stereocenters. The fraction of sp³-hybridized carbons (Fsp3) is 0.188. The summed E-state index contributed by atoms with van der Waals surface area (Å²) in [6.07, 6.45) is 0. The first-order valence-corrected chi connectivity index (χ1v) is 13.4. The third kappa shape index (κ3) is 3.18. The van der Waals surface area contributed by atoms with Crippen LogP contribution >= 0.6 is 11.3 Å². The normalized spacial score (nSPS) is 17.1. The lowest BCUT2D eigenvalue weighted by Gasteiger charge is -2.32. The average molecular weight is 486 g/mol. The van der Waals surface area contributed by atoms with Crippen molar-refractivity contribution in [2.45, 2.75) is 38.9 Å². The highest BCUT2D eigenvalue weighted by atomic mass is 32.1. The molecule has 176 valence electrons. The molecule has 0 bridgehead atoms. The van der Waals surface area contributed by atoms with Gasteiger partial charge in [0.15, 0.2) is 0 Å². The van der Waals surface area contributed by atoms with Crippen molar-refractivity contribution < 1.29 is 9.31 Å². The van der Waals surface area contributed by atoms with E-state index in [1.54, 1.807) is 0 Å². The van der Waals surface area contributed by atoms with E-state index in [4.69, 9.17) is 9.31 Å². The summed E-state index contributed by atoms with van der Waals surface area (Å²) in [5.74, 6) is 0. The first kappa shape index (κ1) is 22.1. The minimum atomic E-state index is -0.389. The average Bonchev–Trinajstić information content (AvgIpc) is 3.33. The lowest BCUT2D eigenvalue weighted by Crippen LogP contribution is -2.41. The van der Waals surface area contributed by atoms with Crippen LogP contribution in [0.25, 0.3) is 52.8 Å². The molecule has 0 aliphatic carbocycles. The Bertz CT molecular complexity index is 1800. The Kier molecular flexibility index (Phi) is 4.69. The van der Waals surface area contributed by atoms with Crippen LogP contribution in [0.1, 0.15) is 27.7 Å². The third-order valence-electron chi connectivity index (χ3n) is 8.13. The predicted molar refractivity (Wildman–Crippen MR) is 155 cm³/mol. The SMILES string of the molecule is CC1(C)OB(c2cccc3c(-c4cccc5cc6c(cc45)sc4ccccc46)cccc23)OC1(C)C. The zero-order valence-corrected chi connectivity index (χ0v) is 21.8. The Morgan fingerprint density at radius 1 is 0.556 bits per heavy atom. The Labute approximate surface area is 215 Å². The molecule has 2 heterocycles. The first-order chi connectivity index (χ1) is 17.3. The molecule has 0 saturated carbocycles. The molecule has 1 saturated heterocycles. The summed E-state index contributed by atoms with van der Waals surface area (Å²) in [6, 6.07) is 33.1. The van der Waals surface area contributed by atoms with E-state index in [1.165, 1.54) is 52.8 Å². The van der Waals surface area contributed by atoms with Gasteiger partial charge >= 0.3 is 7.12 Å². The van der Waals surface area contributed by atoms with Crippen LogP contribution in [0, 0.1) is 0 Å². The summed E-state index contributed by atoms with van der Waals surface area (Å²) in [6.45, 7) is 8.42. The lowest BCUT2D eigenvalue weighted by molar-refractivity contribution is 0.00578. The van der Waals surface area contributed by atoms with Gasteiger partial charge in [-0.15, -0.1) is 11.3 Å². The van der Waals surface area contributed by atoms with Gasteiger partial charge in [0, 0.05) is 20.2 Å². The molecular formula is C32H27BO2S. The van der Waals surface area contributed by atoms with Gasteiger partial charge in [-0.05, 0) is 84.0 Å². The van der Waals surface area contributed by atoms with E-state index in [0.29, 0.717) is 0 Å². The molecule has 0 radical (unpaired) electrons. The van der Waals surface area contributed by atoms with Gasteiger partial charge in [-0.1, -0.05) is 72.8 Å². The van der Waals surface area contributed by atoms with Crippen molar-refractivity contribution in [3.8, 4) is 11.1 Å². The summed E-state index contributed by atoms with van der Waals surface area (Å²) in [5.41, 5.74) is 2.83. The summed E-state index contributed by atoms with van der Waals surface area (Å²) in [4.78, 5) is 0. The summed E-state index contributed by atoms with van der Waals surface area (Å²) in [5, 5.41) is 7.61. The van der Waals surface area contributed by atoms with Crippen molar-refractivity contribution in [3.63, 3.8) is 0 Å². The topological polar surface area (TPSA) is 18.5 Å². The van der Waals surface area contributed by atoms with Crippen LogP contribution in [0.5, 0.6) is 0 Å². The van der Waals surface area contributed by atoms with E-state index >= 15 is 0 Å². The van der Waals surface area contributed by atoms with E-state index in [0.717, 1.165) is 5.46 Å². The van der Waals surface area contributed by atoms with Gasteiger partial charge in [-0.25, -0.2) is 0 Å². The Balaban J connectivity index is 1.44. The van der Waals surface area contributed by atoms with E-state index in [-0.39, 0.29) is 18.3 Å². The van der Waals surface area contributed by atoms with Gasteiger partial charge in [0.1, 0.15) is 0 Å². The molecule has 7 rings (SSSR count). The maximum atomic E-state index is 6.43. The largest absolute Gasteiger partial charge is 0.495 e. The van der Waals surface area contributed by atoms with Crippen LogP contribution in [-0.2, 0) is 9.31 Å². The Hall–Kier alpha value is -3.18. The van der Waals surface area contributed by atoms with Crippen molar-refractivity contribution in [2.24, 2.45) is 0 Å². The second-order valence-electron chi connectivity index (χ2n) is 10.8. The van der Waals surface area contributed by atoms with Crippen LogP contribution in [-0.4, -0.2) is 18.3 Å². The Morgan fingerprint density at radius 2 is 1.19 bits per heavy atom. The lowest BCUT2D eigenvalue weighted by atomic mass is 9.75. The molecule has 0 atom stereocenters. The van der Waals surface area contributed by atoms with Crippen LogP contribution in [0.3, 0.4) is 0 Å². The summed E-state index contributed by atoms with van der Waals surface area (Å²) >= 11 is 1.87. The van der Waals surface area contributed by atoms with E-state index in [1.807, 2.05) is 11.3 Å². The molecule has 1 fully saturated rings. The molecule has 36 heavy (non-hydrogen) atoms. The van der Waals surface area contributed by atoms with Crippen LogP contribution in [0.15, 0.2) is 91.0 Å². The maximum absolute atomic E-state index is 6.43. The monoisotopic (exact) mass is 486 g/mol. The number of hydrogen-bond donors (Lipinski definition) is 0. The number of benzene rings is 5. The van der Waals surface area contributed by atoms with E-state index in [2.05, 4.69) is 119 Å². The zero-order chi connectivity index (χ0) is 24.7. The number of fused-ring (bicyclic) bond motifs is 5. The molecule has 0 spiro atoms. The highest BCUT2D eigenvalue weighted by molar-refractivity contribution is 7.25. The van der Waals surface area contributed by atoms with Gasteiger partial charge in [0.2, 0.25) is 0 Å². The predicted octanol–water partition coefficient (Wildman–Crippen LogP) is 8.33. The molecule has 4 heteroatoms. The zero-order valence-electron chi connectivity index (χ0n) is 21.0. The fourth-order valence-electron chi connectivity index (χ4n) is 5.48. The molecule has 2 nitrogen and oxygen atoms in total. The number of thiophene rings is 1. The third-order valence-corrected chi connectivity index (χ3v) is 9.26. The van der Waals surface area contributed by atoms with Crippen LogP contribution in [0.2, 0.25) is 0 Å². The first-order valence-electron chi connectivity index (χ1n) is 12.5. The molecule has 5 aromatic carbocycles. The molecule has 1 aliphatic rings. The number of rotatable bonds is 2. The van der Waals surface area contributed by atoms with Gasteiger partial charge in [-0.3, -0.25) is 0 Å². The fourth-order valence-corrected chi connectivity index (χ4v) is 6.60. The second-order valence-corrected chi connectivity index (χ2v) is 11.9. The highest BCUT2D eigenvalue weighted by Gasteiger charge is 2.52. The van der Waals surface area contributed by atoms with Gasteiger partial charge in [0.05, 0.1) is 11.2 Å². The van der Waals surface area contributed by atoms with E-state index in [9.17, 15) is 0 Å². The number of hydrogen-bond acceptors (Lipinski definition) is 3. The highest BCUT2D eigenvalue weighted by Crippen LogP contribution is 2.41. The van der Waals surface area contributed by atoms with E-state index < -0.39 is 0 Å². The van der Waals surface area contributed by atoms with Crippen molar-refractivity contribution in [1.82, 2.24) is 0 Å². The second kappa shape index (κ2) is 7.66. The minimum Gasteiger partial charge on any atom is -0.399 e. The Morgan fingerprint density at radius 3 is 2.00 bits per heavy atom. The smallest absolute Gasteiger partial charge is 0.399 e. The molecule has 1 aromatic heterocycles. The molecule has 1 aliphatic heterocycles.